The van der Waals surface area contributed by atoms with E-state index in [9.17, 15) is 4.39 Å². The summed E-state index contributed by atoms with van der Waals surface area (Å²) in [5.74, 6) is -0.220. The van der Waals surface area contributed by atoms with Crippen LogP contribution in [0.3, 0.4) is 0 Å². The number of nitrogens with one attached hydrogen (secondary N) is 1. The lowest BCUT2D eigenvalue weighted by Gasteiger charge is -2.34. The van der Waals surface area contributed by atoms with E-state index < -0.39 is 5.82 Å². The molecule has 2 aromatic rings. The number of likely N-dealkylation sites (N-methyl/N-ethyl adjacent to an activating group) is 1. The third kappa shape index (κ3) is 3.01. The number of hydrogen-bond acceptors (Lipinski definition) is 5. The number of fused-ring (bicyclic) bond motifs is 1. The summed E-state index contributed by atoms with van der Waals surface area (Å²) in [5.41, 5.74) is 2.76. The molecule has 116 valence electrons. The van der Waals surface area contributed by atoms with Crippen LogP contribution in [-0.4, -0.2) is 41.6 Å². The summed E-state index contributed by atoms with van der Waals surface area (Å²) in [6.45, 7) is 1.62. The summed E-state index contributed by atoms with van der Waals surface area (Å²) in [7, 11) is 3.50. The first-order chi connectivity index (χ1) is 10.7. The number of benzene rings is 1. The summed E-state index contributed by atoms with van der Waals surface area (Å²) in [5, 5.41) is 3.17. The predicted octanol–water partition coefficient (Wildman–Crippen LogP) is 2.09. The predicted molar refractivity (Wildman–Crippen MR) is 82.4 cm³/mol. The lowest BCUT2D eigenvalue weighted by Crippen LogP contribution is -2.42. The third-order valence-electron chi connectivity index (χ3n) is 4.02. The van der Waals surface area contributed by atoms with Crippen molar-refractivity contribution >= 4 is 5.95 Å². The fraction of sp³-hybridized carbons (Fsp3) is 0.375. The van der Waals surface area contributed by atoms with Crippen molar-refractivity contribution < 1.29 is 9.13 Å². The van der Waals surface area contributed by atoms with Gasteiger partial charge in [-0.15, -0.1) is 0 Å². The minimum Gasteiger partial charge on any atom is -0.479 e. The number of aromatic nitrogens is 2. The van der Waals surface area contributed by atoms with Gasteiger partial charge in [0.25, 0.3) is 5.88 Å². The van der Waals surface area contributed by atoms with Crippen molar-refractivity contribution in [3.63, 3.8) is 0 Å². The summed E-state index contributed by atoms with van der Waals surface area (Å²) in [4.78, 5) is 10.3. The molecule has 1 aliphatic heterocycles. The van der Waals surface area contributed by atoms with E-state index in [1.807, 2.05) is 0 Å². The van der Waals surface area contributed by atoms with Gasteiger partial charge >= 0.3 is 0 Å². The van der Waals surface area contributed by atoms with Crippen LogP contribution in [0.1, 0.15) is 11.1 Å². The second kappa shape index (κ2) is 6.27. The summed E-state index contributed by atoms with van der Waals surface area (Å²) >= 11 is 0. The molecule has 0 aliphatic carbocycles. The van der Waals surface area contributed by atoms with Gasteiger partial charge in [0.1, 0.15) is 0 Å². The Morgan fingerprint density at radius 2 is 2.14 bits per heavy atom. The maximum Gasteiger partial charge on any atom is 0.255 e. The number of ether oxygens (including phenoxy) is 1. The van der Waals surface area contributed by atoms with Crippen LogP contribution in [0.4, 0.5) is 10.3 Å². The van der Waals surface area contributed by atoms with Gasteiger partial charge in [0.2, 0.25) is 11.8 Å². The van der Waals surface area contributed by atoms with E-state index in [1.54, 1.807) is 0 Å². The molecule has 0 bridgehead atoms. The Balaban J connectivity index is 1.67. The molecule has 1 N–H and O–H groups in total. The molecule has 0 saturated heterocycles. The fourth-order valence-electron chi connectivity index (χ4n) is 2.74. The van der Waals surface area contributed by atoms with Crippen LogP contribution in [-0.2, 0) is 13.0 Å². The maximum atomic E-state index is 13.3. The van der Waals surface area contributed by atoms with Gasteiger partial charge in [-0.1, -0.05) is 24.3 Å². The van der Waals surface area contributed by atoms with Crippen LogP contribution in [0.15, 0.2) is 30.5 Å². The molecule has 3 rings (SSSR count). The van der Waals surface area contributed by atoms with Gasteiger partial charge in [-0.2, -0.15) is 9.37 Å². The highest BCUT2D eigenvalue weighted by Crippen LogP contribution is 2.22. The normalized spacial score (nSPS) is 17.9. The van der Waals surface area contributed by atoms with Gasteiger partial charge in [0, 0.05) is 19.1 Å². The summed E-state index contributed by atoms with van der Waals surface area (Å²) in [6, 6.07) is 8.83. The van der Waals surface area contributed by atoms with Crippen molar-refractivity contribution in [3.05, 3.63) is 47.4 Å². The lowest BCUT2D eigenvalue weighted by atomic mass is 9.94. The molecule has 1 aliphatic rings. The SMILES string of the molecule is COc1nc(NCC2Cc3ccccc3CN2C)ncc1F. The molecule has 5 nitrogen and oxygen atoms in total. The number of methoxy groups -OCH3 is 1. The number of halogens is 1. The number of nitrogens with zero attached hydrogens (tertiary/aromatic N) is 3. The number of anilines is 1. The smallest absolute Gasteiger partial charge is 0.255 e. The fourth-order valence-corrected chi connectivity index (χ4v) is 2.74. The highest BCUT2D eigenvalue weighted by atomic mass is 19.1. The van der Waals surface area contributed by atoms with Crippen molar-refractivity contribution in [1.82, 2.24) is 14.9 Å². The van der Waals surface area contributed by atoms with E-state index in [1.165, 1.54) is 18.2 Å². The molecular weight excluding hydrogens is 283 g/mol. The molecule has 22 heavy (non-hydrogen) atoms. The average Bonchev–Trinajstić information content (AvgIpc) is 2.54. The summed E-state index contributed by atoms with van der Waals surface area (Å²) in [6.07, 6.45) is 2.09. The topological polar surface area (TPSA) is 50.3 Å². The van der Waals surface area contributed by atoms with Crippen LogP contribution < -0.4 is 10.1 Å². The van der Waals surface area contributed by atoms with Crippen LogP contribution in [0.2, 0.25) is 0 Å². The monoisotopic (exact) mass is 302 g/mol. The Morgan fingerprint density at radius 3 is 2.91 bits per heavy atom. The molecule has 0 radical (unpaired) electrons. The van der Waals surface area contributed by atoms with Gasteiger partial charge in [0.15, 0.2) is 0 Å². The van der Waals surface area contributed by atoms with Crippen molar-refractivity contribution in [3.8, 4) is 5.88 Å². The molecule has 1 atom stereocenters. The molecule has 1 aromatic carbocycles. The first-order valence-corrected chi connectivity index (χ1v) is 7.25. The van der Waals surface area contributed by atoms with Gasteiger partial charge in [0.05, 0.1) is 13.3 Å². The number of hydrogen-bond donors (Lipinski definition) is 1. The van der Waals surface area contributed by atoms with Gasteiger partial charge in [-0.05, 0) is 24.6 Å². The van der Waals surface area contributed by atoms with Crippen LogP contribution in [0.25, 0.3) is 0 Å². The standard InChI is InChI=1S/C16H19FN4O/c1-21-10-12-6-4-3-5-11(12)7-13(21)8-18-16-19-9-14(17)15(20-16)22-2/h3-6,9,13H,7-8,10H2,1-2H3,(H,18,19,20). The van der Waals surface area contributed by atoms with Gasteiger partial charge in [-0.3, -0.25) is 4.90 Å². The molecule has 1 unspecified atom stereocenters. The van der Waals surface area contributed by atoms with Crippen LogP contribution in [0.5, 0.6) is 5.88 Å². The average molecular weight is 302 g/mol. The molecule has 0 spiro atoms. The van der Waals surface area contributed by atoms with E-state index in [0.29, 0.717) is 18.5 Å². The van der Waals surface area contributed by atoms with E-state index >= 15 is 0 Å². The largest absolute Gasteiger partial charge is 0.479 e. The Kier molecular flexibility index (Phi) is 4.20. The molecule has 0 amide bonds. The Hall–Kier alpha value is -2.21. The molecule has 1 aromatic heterocycles. The molecule has 0 fully saturated rings. The molecule has 6 heteroatoms. The van der Waals surface area contributed by atoms with E-state index in [4.69, 9.17) is 4.74 Å². The Morgan fingerprint density at radius 1 is 1.36 bits per heavy atom. The molecular formula is C16H19FN4O. The highest BCUT2D eigenvalue weighted by molar-refractivity contribution is 5.32. The minimum atomic E-state index is -0.559. The second-order valence-corrected chi connectivity index (χ2v) is 5.47. The Bertz CT molecular complexity index is 664. The van der Waals surface area contributed by atoms with Crippen LogP contribution in [0, 0.1) is 5.82 Å². The summed E-state index contributed by atoms with van der Waals surface area (Å²) < 4.78 is 18.2. The maximum absolute atomic E-state index is 13.3. The number of rotatable bonds is 4. The zero-order valence-electron chi connectivity index (χ0n) is 12.7. The zero-order valence-corrected chi connectivity index (χ0v) is 12.7. The van der Waals surface area contributed by atoms with Crippen molar-refractivity contribution in [2.24, 2.45) is 0 Å². The first kappa shape index (κ1) is 14.7. The van der Waals surface area contributed by atoms with Crippen molar-refractivity contribution in [1.29, 1.82) is 0 Å². The zero-order chi connectivity index (χ0) is 15.5. The lowest BCUT2D eigenvalue weighted by molar-refractivity contribution is 0.224. The highest BCUT2D eigenvalue weighted by Gasteiger charge is 2.23. The van der Waals surface area contributed by atoms with Crippen LogP contribution >= 0.6 is 0 Å². The van der Waals surface area contributed by atoms with Crippen molar-refractivity contribution in [2.75, 3.05) is 26.0 Å². The minimum absolute atomic E-state index is 0.0418. The van der Waals surface area contributed by atoms with Gasteiger partial charge in [-0.25, -0.2) is 4.98 Å². The quantitative estimate of drug-likeness (QED) is 0.937. The van der Waals surface area contributed by atoms with Crippen molar-refractivity contribution in [2.45, 2.75) is 19.0 Å². The molecule has 2 heterocycles. The second-order valence-electron chi connectivity index (χ2n) is 5.47. The van der Waals surface area contributed by atoms with E-state index in [2.05, 4.69) is 51.5 Å². The Labute approximate surface area is 129 Å². The first-order valence-electron chi connectivity index (χ1n) is 7.25. The van der Waals surface area contributed by atoms with Gasteiger partial charge < -0.3 is 10.1 Å². The van der Waals surface area contributed by atoms with E-state index in [0.717, 1.165) is 19.2 Å². The van der Waals surface area contributed by atoms with E-state index in [-0.39, 0.29) is 5.88 Å². The molecule has 0 saturated carbocycles. The third-order valence-corrected chi connectivity index (χ3v) is 4.02.